The van der Waals surface area contributed by atoms with Crippen molar-refractivity contribution in [3.63, 3.8) is 0 Å². The first-order valence-corrected chi connectivity index (χ1v) is 7.18. The molecule has 4 nitrogen and oxygen atoms in total. The van der Waals surface area contributed by atoms with Crippen LogP contribution in [0.3, 0.4) is 0 Å². The van der Waals surface area contributed by atoms with Gasteiger partial charge in [0.1, 0.15) is 6.04 Å². The van der Waals surface area contributed by atoms with Crippen LogP contribution in [0.2, 0.25) is 0 Å². The molecule has 1 atom stereocenters. The Kier molecular flexibility index (Phi) is 3.87. The molecule has 0 bridgehead atoms. The van der Waals surface area contributed by atoms with Gasteiger partial charge in [0, 0.05) is 23.2 Å². The summed E-state index contributed by atoms with van der Waals surface area (Å²) in [5.41, 5.74) is 7.71. The summed E-state index contributed by atoms with van der Waals surface area (Å²) in [5.74, 6) is -0.000628. The molecule has 0 radical (unpaired) electrons. The largest absolute Gasteiger partial charge is 0.356 e. The molecule has 19 heavy (non-hydrogen) atoms. The van der Waals surface area contributed by atoms with E-state index >= 15 is 0 Å². The molecule has 1 aromatic carbocycles. The Bertz CT molecular complexity index is 501. The highest BCUT2D eigenvalue weighted by atomic mass is 79.9. The lowest BCUT2D eigenvalue weighted by Crippen LogP contribution is -2.66. The van der Waals surface area contributed by atoms with Gasteiger partial charge in [-0.2, -0.15) is 0 Å². The summed E-state index contributed by atoms with van der Waals surface area (Å²) < 4.78 is 1.07. The zero-order valence-electron chi connectivity index (χ0n) is 11.5. The third kappa shape index (κ3) is 2.92. The molecule has 1 amide bonds. The van der Waals surface area contributed by atoms with Gasteiger partial charge in [0.2, 0.25) is 5.91 Å². The maximum absolute atomic E-state index is 12.1. The van der Waals surface area contributed by atoms with E-state index < -0.39 is 0 Å². The van der Waals surface area contributed by atoms with E-state index in [4.69, 9.17) is 5.73 Å². The lowest BCUT2D eigenvalue weighted by Gasteiger charge is -2.44. The molecule has 1 aromatic rings. The van der Waals surface area contributed by atoms with Crippen LogP contribution >= 0.6 is 15.9 Å². The second kappa shape index (κ2) is 5.13. The summed E-state index contributed by atoms with van der Waals surface area (Å²) in [7, 11) is 0. The van der Waals surface area contributed by atoms with Crippen molar-refractivity contribution < 1.29 is 4.79 Å². The average molecular weight is 326 g/mol. The topological polar surface area (TPSA) is 58.4 Å². The second-order valence-electron chi connectivity index (χ2n) is 5.69. The predicted molar refractivity (Wildman–Crippen MR) is 81.3 cm³/mol. The summed E-state index contributed by atoms with van der Waals surface area (Å²) in [4.78, 5) is 14.2. The molecule has 104 valence electrons. The van der Waals surface area contributed by atoms with Gasteiger partial charge in [0.15, 0.2) is 0 Å². The van der Waals surface area contributed by atoms with Crippen molar-refractivity contribution in [1.29, 1.82) is 0 Å². The number of nitrogens with zero attached hydrogens (tertiary/aromatic N) is 1. The fourth-order valence-corrected chi connectivity index (χ4v) is 2.69. The number of hydrogen-bond acceptors (Lipinski definition) is 3. The van der Waals surface area contributed by atoms with Crippen LogP contribution in [0, 0.1) is 6.92 Å². The van der Waals surface area contributed by atoms with Crippen LogP contribution in [0.5, 0.6) is 0 Å². The quantitative estimate of drug-likeness (QED) is 0.871. The summed E-state index contributed by atoms with van der Waals surface area (Å²) in [6.07, 6.45) is 0. The maximum atomic E-state index is 12.1. The third-order valence-electron chi connectivity index (χ3n) is 3.40. The van der Waals surface area contributed by atoms with E-state index in [1.54, 1.807) is 0 Å². The minimum Gasteiger partial charge on any atom is -0.356 e. The molecule has 1 heterocycles. The Hall–Kier alpha value is -1.07. The van der Waals surface area contributed by atoms with Crippen LogP contribution in [0.15, 0.2) is 22.7 Å². The molecule has 5 heteroatoms. The number of carbonyl (C=O) groups is 1. The standard InChI is InChI=1S/C14H20BrN3O/c1-9-6-10(4-5-11(9)15)18-8-14(2,3)17-13(19)12(18)7-16/h4-6,12H,7-8,16H2,1-3H3,(H,17,19). The van der Waals surface area contributed by atoms with Crippen molar-refractivity contribution in [2.24, 2.45) is 5.73 Å². The first kappa shape index (κ1) is 14.3. The zero-order chi connectivity index (χ0) is 14.2. The van der Waals surface area contributed by atoms with Crippen LogP contribution in [0.4, 0.5) is 5.69 Å². The molecule has 0 aliphatic carbocycles. The highest BCUT2D eigenvalue weighted by Crippen LogP contribution is 2.27. The Morgan fingerprint density at radius 2 is 2.21 bits per heavy atom. The zero-order valence-corrected chi connectivity index (χ0v) is 13.1. The number of carbonyl (C=O) groups excluding carboxylic acids is 1. The first-order chi connectivity index (χ1) is 8.84. The fraction of sp³-hybridized carbons (Fsp3) is 0.500. The monoisotopic (exact) mass is 325 g/mol. The van der Waals surface area contributed by atoms with Crippen LogP contribution < -0.4 is 16.0 Å². The number of anilines is 1. The van der Waals surface area contributed by atoms with Gasteiger partial charge in [-0.3, -0.25) is 4.79 Å². The normalized spacial score (nSPS) is 22.3. The van der Waals surface area contributed by atoms with Gasteiger partial charge in [-0.05, 0) is 44.5 Å². The van der Waals surface area contributed by atoms with Crippen LogP contribution in [-0.2, 0) is 4.79 Å². The van der Waals surface area contributed by atoms with Crippen molar-refractivity contribution in [3.05, 3.63) is 28.2 Å². The summed E-state index contributed by atoms with van der Waals surface area (Å²) in [5, 5.41) is 3.01. The minimum absolute atomic E-state index is 0.000628. The maximum Gasteiger partial charge on any atom is 0.244 e. The smallest absolute Gasteiger partial charge is 0.244 e. The van der Waals surface area contributed by atoms with Crippen molar-refractivity contribution in [1.82, 2.24) is 5.32 Å². The van der Waals surface area contributed by atoms with Gasteiger partial charge in [-0.1, -0.05) is 15.9 Å². The van der Waals surface area contributed by atoms with Gasteiger partial charge in [-0.25, -0.2) is 0 Å². The first-order valence-electron chi connectivity index (χ1n) is 6.39. The molecular weight excluding hydrogens is 306 g/mol. The van der Waals surface area contributed by atoms with Crippen molar-refractivity contribution in [2.75, 3.05) is 18.0 Å². The Morgan fingerprint density at radius 1 is 1.53 bits per heavy atom. The molecule has 0 aromatic heterocycles. The van der Waals surface area contributed by atoms with Crippen LogP contribution in [0.25, 0.3) is 0 Å². The highest BCUT2D eigenvalue weighted by Gasteiger charge is 2.37. The molecule has 2 rings (SSSR count). The van der Waals surface area contributed by atoms with Gasteiger partial charge in [-0.15, -0.1) is 0 Å². The van der Waals surface area contributed by atoms with Crippen molar-refractivity contribution in [3.8, 4) is 0 Å². The van der Waals surface area contributed by atoms with E-state index in [1.165, 1.54) is 0 Å². The van der Waals surface area contributed by atoms with E-state index in [-0.39, 0.29) is 17.5 Å². The summed E-state index contributed by atoms with van der Waals surface area (Å²) in [6.45, 7) is 7.16. The van der Waals surface area contributed by atoms with Gasteiger partial charge in [0.25, 0.3) is 0 Å². The van der Waals surface area contributed by atoms with Gasteiger partial charge < -0.3 is 16.0 Å². The number of rotatable bonds is 2. The number of halogens is 1. The van der Waals surface area contributed by atoms with Gasteiger partial charge >= 0.3 is 0 Å². The summed E-state index contributed by atoms with van der Waals surface area (Å²) >= 11 is 3.50. The van der Waals surface area contributed by atoms with E-state index in [9.17, 15) is 4.79 Å². The predicted octanol–water partition coefficient (Wildman–Crippen LogP) is 1.80. The Balaban J connectivity index is 2.38. The number of hydrogen-bond donors (Lipinski definition) is 2. The van der Waals surface area contributed by atoms with Crippen LogP contribution in [0.1, 0.15) is 19.4 Å². The number of piperazine rings is 1. The van der Waals surface area contributed by atoms with E-state index in [2.05, 4.69) is 32.2 Å². The Morgan fingerprint density at radius 3 is 2.79 bits per heavy atom. The molecule has 1 unspecified atom stereocenters. The van der Waals surface area contributed by atoms with Crippen molar-refractivity contribution in [2.45, 2.75) is 32.4 Å². The molecule has 1 aliphatic heterocycles. The number of aryl methyl sites for hydroxylation is 1. The molecule has 1 aliphatic rings. The lowest BCUT2D eigenvalue weighted by atomic mass is 9.97. The molecule has 1 saturated heterocycles. The average Bonchev–Trinajstić information content (AvgIpc) is 2.30. The van der Waals surface area contributed by atoms with Gasteiger partial charge in [0.05, 0.1) is 5.54 Å². The van der Waals surface area contributed by atoms with Crippen LogP contribution in [-0.4, -0.2) is 30.6 Å². The summed E-state index contributed by atoms with van der Waals surface area (Å²) in [6, 6.07) is 5.82. The van der Waals surface area contributed by atoms with E-state index in [1.807, 2.05) is 32.9 Å². The molecular formula is C14H20BrN3O. The number of nitrogens with one attached hydrogen (secondary N) is 1. The number of amides is 1. The van der Waals surface area contributed by atoms with Crippen molar-refractivity contribution >= 4 is 27.5 Å². The molecule has 3 N–H and O–H groups in total. The van der Waals surface area contributed by atoms with E-state index in [0.29, 0.717) is 6.54 Å². The SMILES string of the molecule is Cc1cc(N2CC(C)(C)NC(=O)C2CN)ccc1Br. The lowest BCUT2D eigenvalue weighted by molar-refractivity contribution is -0.125. The number of benzene rings is 1. The Labute approximate surface area is 122 Å². The second-order valence-corrected chi connectivity index (χ2v) is 6.54. The minimum atomic E-state index is -0.298. The molecule has 0 spiro atoms. The van der Waals surface area contributed by atoms with E-state index in [0.717, 1.165) is 22.3 Å². The number of nitrogens with two attached hydrogens (primary N) is 1. The fourth-order valence-electron chi connectivity index (χ4n) is 2.45. The highest BCUT2D eigenvalue weighted by molar-refractivity contribution is 9.10. The molecule has 1 fully saturated rings. The molecule has 0 saturated carbocycles. The third-order valence-corrected chi connectivity index (χ3v) is 4.29.